The van der Waals surface area contributed by atoms with Crippen molar-refractivity contribution in [2.75, 3.05) is 7.11 Å². The Morgan fingerprint density at radius 2 is 2.14 bits per heavy atom. The van der Waals surface area contributed by atoms with Crippen LogP contribution in [0.2, 0.25) is 5.02 Å². The molecule has 0 spiro atoms. The summed E-state index contributed by atoms with van der Waals surface area (Å²) in [6.07, 6.45) is -0.974. The van der Waals surface area contributed by atoms with Gasteiger partial charge in [-0.3, -0.25) is 0 Å². The maximum atomic E-state index is 13.0. The molecule has 3 nitrogen and oxygen atoms in total. The lowest BCUT2D eigenvalue weighted by atomic mass is 9.99. The molecular formula is C14H8ClF3O3. The molecule has 0 aromatic heterocycles. The van der Waals surface area contributed by atoms with Crippen molar-refractivity contribution >= 4 is 23.6 Å². The van der Waals surface area contributed by atoms with E-state index >= 15 is 0 Å². The third-order valence-electron chi connectivity index (χ3n) is 2.79. The van der Waals surface area contributed by atoms with E-state index in [1.807, 2.05) is 0 Å². The Labute approximate surface area is 123 Å². The summed E-state index contributed by atoms with van der Waals surface area (Å²) in [4.78, 5) is 11.5. The molecule has 1 aromatic rings. The summed E-state index contributed by atoms with van der Waals surface area (Å²) in [5, 5.41) is -0.0603. The van der Waals surface area contributed by atoms with Crippen LogP contribution < -0.4 is 4.74 Å². The van der Waals surface area contributed by atoms with E-state index < -0.39 is 23.8 Å². The molecular weight excluding hydrogens is 309 g/mol. The van der Waals surface area contributed by atoms with Crippen molar-refractivity contribution in [1.29, 1.82) is 0 Å². The standard InChI is InChI=1S/C14H8ClF3O3/c1-3-7-4-8-6-9(13(19)20-2)12(14(16,17)18)21-11(8)10(15)5-7/h1,4-6,12H,2H3. The van der Waals surface area contributed by atoms with Crippen molar-refractivity contribution < 1.29 is 27.4 Å². The van der Waals surface area contributed by atoms with Gasteiger partial charge in [0, 0.05) is 11.1 Å². The molecule has 1 unspecified atom stereocenters. The molecule has 0 saturated heterocycles. The molecule has 1 aliphatic heterocycles. The second-order valence-electron chi connectivity index (χ2n) is 4.15. The summed E-state index contributed by atoms with van der Waals surface area (Å²) in [5.74, 6) is 1.00. The fourth-order valence-electron chi connectivity index (χ4n) is 1.88. The SMILES string of the molecule is C#Cc1cc(Cl)c2c(c1)C=C(C(=O)OC)C(C(F)(F)F)O2. The van der Waals surface area contributed by atoms with Gasteiger partial charge in [-0.15, -0.1) is 6.42 Å². The van der Waals surface area contributed by atoms with Crippen molar-refractivity contribution in [2.45, 2.75) is 12.3 Å². The number of esters is 1. The second-order valence-corrected chi connectivity index (χ2v) is 4.56. The fraction of sp³-hybridized carbons (Fsp3) is 0.214. The van der Waals surface area contributed by atoms with Crippen LogP contribution in [0.15, 0.2) is 17.7 Å². The first-order valence-corrected chi connectivity index (χ1v) is 5.99. The lowest BCUT2D eigenvalue weighted by Gasteiger charge is -2.28. The summed E-state index contributed by atoms with van der Waals surface area (Å²) >= 11 is 5.87. The lowest BCUT2D eigenvalue weighted by molar-refractivity contribution is -0.187. The van der Waals surface area contributed by atoms with E-state index in [1.54, 1.807) is 0 Å². The van der Waals surface area contributed by atoms with E-state index in [4.69, 9.17) is 22.8 Å². The zero-order valence-electron chi connectivity index (χ0n) is 10.6. The van der Waals surface area contributed by atoms with Gasteiger partial charge in [0.05, 0.1) is 17.7 Å². The minimum absolute atomic E-state index is 0.0603. The van der Waals surface area contributed by atoms with Gasteiger partial charge in [-0.05, 0) is 18.2 Å². The zero-order valence-corrected chi connectivity index (χ0v) is 11.4. The number of halogens is 4. The third kappa shape index (κ3) is 2.83. The van der Waals surface area contributed by atoms with Crippen LogP contribution in [-0.4, -0.2) is 25.4 Å². The topological polar surface area (TPSA) is 35.5 Å². The van der Waals surface area contributed by atoms with Gasteiger partial charge in [0.15, 0.2) is 0 Å². The highest BCUT2D eigenvalue weighted by molar-refractivity contribution is 6.32. The quantitative estimate of drug-likeness (QED) is 0.589. The van der Waals surface area contributed by atoms with Crippen LogP contribution in [0, 0.1) is 12.3 Å². The minimum Gasteiger partial charge on any atom is -0.474 e. The molecule has 7 heteroatoms. The van der Waals surface area contributed by atoms with Crippen molar-refractivity contribution in [3.8, 4) is 18.1 Å². The molecule has 0 amide bonds. The Morgan fingerprint density at radius 1 is 1.48 bits per heavy atom. The molecule has 0 N–H and O–H groups in total. The van der Waals surface area contributed by atoms with Crippen LogP contribution in [0.25, 0.3) is 6.08 Å². The predicted octanol–water partition coefficient (Wildman–Crippen LogP) is 3.20. The van der Waals surface area contributed by atoms with Crippen molar-refractivity contribution in [3.63, 3.8) is 0 Å². The number of carbonyl (C=O) groups excluding carboxylic acids is 1. The summed E-state index contributed by atoms with van der Waals surface area (Å²) in [5.41, 5.74) is -0.118. The van der Waals surface area contributed by atoms with Crippen LogP contribution in [0.1, 0.15) is 11.1 Å². The summed E-state index contributed by atoms with van der Waals surface area (Å²) < 4.78 is 48.3. The van der Waals surface area contributed by atoms with E-state index in [0.29, 0.717) is 5.56 Å². The predicted molar refractivity (Wildman–Crippen MR) is 69.9 cm³/mol. The van der Waals surface area contributed by atoms with Gasteiger partial charge in [0.25, 0.3) is 0 Å². The van der Waals surface area contributed by atoms with Gasteiger partial charge in [-0.2, -0.15) is 13.2 Å². The molecule has 0 saturated carbocycles. The molecule has 0 aliphatic carbocycles. The largest absolute Gasteiger partial charge is 0.474 e. The lowest BCUT2D eigenvalue weighted by Crippen LogP contribution is -2.40. The zero-order chi connectivity index (χ0) is 15.8. The number of benzene rings is 1. The smallest absolute Gasteiger partial charge is 0.430 e. The molecule has 21 heavy (non-hydrogen) atoms. The van der Waals surface area contributed by atoms with Crippen LogP contribution >= 0.6 is 11.6 Å². The monoisotopic (exact) mass is 316 g/mol. The first kappa shape index (κ1) is 15.3. The average molecular weight is 317 g/mol. The van der Waals surface area contributed by atoms with E-state index in [1.165, 1.54) is 12.1 Å². The number of hydrogen-bond donors (Lipinski definition) is 0. The number of terminal acetylenes is 1. The van der Waals surface area contributed by atoms with Gasteiger partial charge in [-0.25, -0.2) is 4.79 Å². The number of rotatable bonds is 1. The van der Waals surface area contributed by atoms with E-state index in [-0.39, 0.29) is 16.3 Å². The van der Waals surface area contributed by atoms with Crippen molar-refractivity contribution in [1.82, 2.24) is 0 Å². The first-order chi connectivity index (χ1) is 9.77. The van der Waals surface area contributed by atoms with Crippen LogP contribution in [0.4, 0.5) is 13.2 Å². The Kier molecular flexibility index (Phi) is 3.88. The number of carbonyl (C=O) groups is 1. The molecule has 1 aromatic carbocycles. The molecule has 0 radical (unpaired) electrons. The van der Waals surface area contributed by atoms with Gasteiger partial charge in [0.2, 0.25) is 6.10 Å². The van der Waals surface area contributed by atoms with E-state index in [9.17, 15) is 18.0 Å². The van der Waals surface area contributed by atoms with Crippen LogP contribution in [0.5, 0.6) is 5.75 Å². The maximum Gasteiger partial charge on any atom is 0.430 e. The number of fused-ring (bicyclic) bond motifs is 1. The van der Waals surface area contributed by atoms with E-state index in [2.05, 4.69) is 10.7 Å². The summed E-state index contributed by atoms with van der Waals surface area (Å²) in [6, 6.07) is 2.71. The van der Waals surface area contributed by atoms with Crippen molar-refractivity contribution in [2.24, 2.45) is 0 Å². The summed E-state index contributed by atoms with van der Waals surface area (Å²) in [6.45, 7) is 0. The first-order valence-electron chi connectivity index (χ1n) is 5.61. The number of ether oxygens (including phenoxy) is 2. The molecule has 0 fully saturated rings. The number of hydrogen-bond acceptors (Lipinski definition) is 3. The van der Waals surface area contributed by atoms with Gasteiger partial charge in [-0.1, -0.05) is 17.5 Å². The molecule has 2 rings (SSSR count). The maximum absolute atomic E-state index is 13.0. The Hall–Kier alpha value is -2.13. The molecule has 1 atom stereocenters. The third-order valence-corrected chi connectivity index (χ3v) is 3.07. The fourth-order valence-corrected chi connectivity index (χ4v) is 2.15. The highest BCUT2D eigenvalue weighted by Gasteiger charge is 2.49. The van der Waals surface area contributed by atoms with Gasteiger partial charge in [0.1, 0.15) is 5.75 Å². The van der Waals surface area contributed by atoms with Gasteiger partial charge >= 0.3 is 12.1 Å². The second kappa shape index (κ2) is 5.34. The Bertz CT molecular complexity index is 671. The number of methoxy groups -OCH3 is 1. The van der Waals surface area contributed by atoms with Crippen LogP contribution in [-0.2, 0) is 9.53 Å². The van der Waals surface area contributed by atoms with E-state index in [0.717, 1.165) is 13.2 Å². The highest BCUT2D eigenvalue weighted by Crippen LogP contribution is 2.41. The Balaban J connectivity index is 2.63. The highest BCUT2D eigenvalue weighted by atomic mass is 35.5. The van der Waals surface area contributed by atoms with Crippen molar-refractivity contribution in [3.05, 3.63) is 33.9 Å². The Morgan fingerprint density at radius 3 is 2.67 bits per heavy atom. The van der Waals surface area contributed by atoms with Gasteiger partial charge < -0.3 is 9.47 Å². The normalized spacial score (nSPS) is 17.1. The molecule has 1 heterocycles. The molecule has 110 valence electrons. The summed E-state index contributed by atoms with van der Waals surface area (Å²) in [7, 11) is 0.983. The average Bonchev–Trinajstić information content (AvgIpc) is 2.43. The van der Waals surface area contributed by atoms with Crippen LogP contribution in [0.3, 0.4) is 0 Å². The number of alkyl halides is 3. The molecule has 0 bridgehead atoms. The molecule has 1 aliphatic rings. The minimum atomic E-state index is -4.79.